The third-order valence-electron chi connectivity index (χ3n) is 5.46. The first-order valence-corrected chi connectivity index (χ1v) is 9.31. The molecule has 3 rings (SSSR count). The van der Waals surface area contributed by atoms with Gasteiger partial charge in [0.2, 0.25) is 5.91 Å². The van der Waals surface area contributed by atoms with Crippen molar-refractivity contribution >= 4 is 41.6 Å². The SMILES string of the molecule is Cc1ccc(N)cc1NC(=O)CN1C(=O)NC2(CC(C)CC(C)(C)C2)C1=O.Cl. The predicted molar refractivity (Wildman–Crippen MR) is 111 cm³/mol. The van der Waals surface area contributed by atoms with Crippen LogP contribution in [0.25, 0.3) is 0 Å². The van der Waals surface area contributed by atoms with Gasteiger partial charge in [-0.25, -0.2) is 4.79 Å². The van der Waals surface area contributed by atoms with Gasteiger partial charge in [-0.15, -0.1) is 12.4 Å². The van der Waals surface area contributed by atoms with E-state index in [1.54, 1.807) is 18.2 Å². The number of hydrogen-bond donors (Lipinski definition) is 3. The number of carbonyl (C=O) groups is 3. The lowest BCUT2D eigenvalue weighted by Gasteiger charge is -2.43. The van der Waals surface area contributed by atoms with E-state index in [9.17, 15) is 14.4 Å². The summed E-state index contributed by atoms with van der Waals surface area (Å²) in [7, 11) is 0. The third kappa shape index (κ3) is 4.24. The van der Waals surface area contributed by atoms with Crippen LogP contribution in [0.4, 0.5) is 16.2 Å². The standard InChI is InChI=1S/C20H28N4O3.ClH/c1-12-8-19(3,4)11-20(9-12)17(26)24(18(27)23-20)10-16(25)22-15-7-14(21)6-5-13(15)2;/h5-7,12H,8-11,21H2,1-4H3,(H,22,25)(H,23,27);1H. The molecule has 1 aromatic carbocycles. The van der Waals surface area contributed by atoms with E-state index in [1.807, 2.05) is 6.92 Å². The van der Waals surface area contributed by atoms with Crippen molar-refractivity contribution in [2.45, 2.75) is 52.5 Å². The molecule has 0 bridgehead atoms. The van der Waals surface area contributed by atoms with Crippen LogP contribution in [-0.2, 0) is 9.59 Å². The lowest BCUT2D eigenvalue weighted by Crippen LogP contribution is -2.54. The van der Waals surface area contributed by atoms with Crippen molar-refractivity contribution in [1.82, 2.24) is 10.2 Å². The smallest absolute Gasteiger partial charge is 0.325 e. The number of halogens is 1. The van der Waals surface area contributed by atoms with Crippen LogP contribution >= 0.6 is 12.4 Å². The van der Waals surface area contributed by atoms with Crippen LogP contribution < -0.4 is 16.4 Å². The van der Waals surface area contributed by atoms with Gasteiger partial charge in [0.15, 0.2) is 0 Å². The van der Waals surface area contributed by atoms with E-state index in [0.717, 1.165) is 16.9 Å². The second-order valence-corrected chi connectivity index (χ2v) is 8.88. The molecule has 2 fully saturated rings. The van der Waals surface area contributed by atoms with Crippen molar-refractivity contribution in [3.63, 3.8) is 0 Å². The molecule has 2 aliphatic rings. The van der Waals surface area contributed by atoms with Gasteiger partial charge >= 0.3 is 6.03 Å². The van der Waals surface area contributed by atoms with Crippen LogP contribution in [0.5, 0.6) is 0 Å². The molecular weight excluding hydrogens is 380 g/mol. The molecule has 1 aliphatic heterocycles. The van der Waals surface area contributed by atoms with E-state index in [2.05, 4.69) is 31.4 Å². The summed E-state index contributed by atoms with van der Waals surface area (Å²) in [6.45, 7) is 7.86. The van der Waals surface area contributed by atoms with Crippen LogP contribution in [0, 0.1) is 18.3 Å². The summed E-state index contributed by atoms with van der Waals surface area (Å²) in [6, 6.07) is 4.72. The summed E-state index contributed by atoms with van der Waals surface area (Å²) in [5, 5.41) is 5.62. The van der Waals surface area contributed by atoms with Crippen molar-refractivity contribution in [3.8, 4) is 0 Å². The largest absolute Gasteiger partial charge is 0.399 e. The van der Waals surface area contributed by atoms with Gasteiger partial charge in [0.25, 0.3) is 5.91 Å². The lowest BCUT2D eigenvalue weighted by atomic mass is 9.64. The maximum Gasteiger partial charge on any atom is 0.325 e. The molecular formula is C20H29ClN4O3. The monoisotopic (exact) mass is 408 g/mol. The zero-order chi connectivity index (χ0) is 20.0. The Morgan fingerprint density at radius 2 is 2.00 bits per heavy atom. The Labute approximate surface area is 171 Å². The second kappa shape index (κ2) is 7.62. The topological polar surface area (TPSA) is 105 Å². The van der Waals surface area contributed by atoms with Gasteiger partial charge in [0.05, 0.1) is 0 Å². The Kier molecular flexibility index (Phi) is 5.99. The number of benzene rings is 1. The van der Waals surface area contributed by atoms with Gasteiger partial charge in [0.1, 0.15) is 12.1 Å². The van der Waals surface area contributed by atoms with Gasteiger partial charge < -0.3 is 16.4 Å². The molecule has 8 heteroatoms. The first kappa shape index (κ1) is 22.0. The minimum Gasteiger partial charge on any atom is -0.399 e. The van der Waals surface area contributed by atoms with Crippen LogP contribution in [0.1, 0.15) is 45.6 Å². The fourth-order valence-electron chi connectivity index (χ4n) is 4.76. The van der Waals surface area contributed by atoms with E-state index >= 15 is 0 Å². The fourth-order valence-corrected chi connectivity index (χ4v) is 4.76. The molecule has 4 amide bonds. The zero-order valence-electron chi connectivity index (χ0n) is 16.8. The van der Waals surface area contributed by atoms with E-state index in [4.69, 9.17) is 5.73 Å². The Morgan fingerprint density at radius 1 is 1.32 bits per heavy atom. The van der Waals surface area contributed by atoms with Crippen LogP contribution in [0.2, 0.25) is 0 Å². The number of anilines is 2. The number of aryl methyl sites for hydroxylation is 1. The molecule has 1 heterocycles. The van der Waals surface area contributed by atoms with E-state index < -0.39 is 17.5 Å². The van der Waals surface area contributed by atoms with Gasteiger partial charge in [0, 0.05) is 11.4 Å². The highest BCUT2D eigenvalue weighted by Gasteiger charge is 2.56. The Morgan fingerprint density at radius 3 is 2.64 bits per heavy atom. The maximum absolute atomic E-state index is 13.1. The van der Waals surface area contributed by atoms with Gasteiger partial charge in [-0.3, -0.25) is 14.5 Å². The fraction of sp³-hybridized carbons (Fsp3) is 0.550. The molecule has 0 radical (unpaired) electrons. The zero-order valence-corrected chi connectivity index (χ0v) is 17.6. The Bertz CT molecular complexity index is 811. The molecule has 0 aromatic heterocycles. The molecule has 4 N–H and O–H groups in total. The van der Waals surface area contributed by atoms with Gasteiger partial charge in [-0.2, -0.15) is 0 Å². The highest BCUT2D eigenvalue weighted by Crippen LogP contribution is 2.46. The minimum absolute atomic E-state index is 0. The van der Waals surface area contributed by atoms with Crippen LogP contribution in [0.15, 0.2) is 18.2 Å². The number of imide groups is 1. The number of nitrogens with two attached hydrogens (primary N) is 1. The first-order chi connectivity index (χ1) is 12.5. The van der Waals surface area contributed by atoms with E-state index in [1.165, 1.54) is 0 Å². The average molecular weight is 409 g/mol. The molecule has 1 saturated heterocycles. The second-order valence-electron chi connectivity index (χ2n) is 8.88. The number of hydrogen-bond acceptors (Lipinski definition) is 4. The molecule has 1 spiro atoms. The number of urea groups is 1. The number of nitrogens with zero attached hydrogens (tertiary/aromatic N) is 1. The number of amides is 4. The van der Waals surface area contributed by atoms with E-state index in [-0.39, 0.29) is 30.3 Å². The first-order valence-electron chi connectivity index (χ1n) is 9.31. The maximum atomic E-state index is 13.1. The predicted octanol–water partition coefficient (Wildman–Crippen LogP) is 3.07. The number of carbonyl (C=O) groups excluding carboxylic acids is 3. The summed E-state index contributed by atoms with van der Waals surface area (Å²) < 4.78 is 0. The third-order valence-corrected chi connectivity index (χ3v) is 5.46. The molecule has 1 saturated carbocycles. The minimum atomic E-state index is -0.897. The van der Waals surface area contributed by atoms with Crippen LogP contribution in [0.3, 0.4) is 0 Å². The molecule has 2 atom stereocenters. The van der Waals surface area contributed by atoms with Crippen molar-refractivity contribution in [3.05, 3.63) is 23.8 Å². The Hall–Kier alpha value is -2.28. The van der Waals surface area contributed by atoms with Gasteiger partial charge in [-0.05, 0) is 55.2 Å². The van der Waals surface area contributed by atoms with Crippen molar-refractivity contribution in [2.75, 3.05) is 17.6 Å². The highest BCUT2D eigenvalue weighted by molar-refractivity contribution is 6.10. The number of nitrogens with one attached hydrogen (secondary N) is 2. The molecule has 2 unspecified atom stereocenters. The quantitative estimate of drug-likeness (QED) is 0.528. The average Bonchev–Trinajstić information content (AvgIpc) is 2.72. The van der Waals surface area contributed by atoms with Crippen molar-refractivity contribution in [2.24, 2.45) is 11.3 Å². The summed E-state index contributed by atoms with van der Waals surface area (Å²) in [4.78, 5) is 39.0. The molecule has 154 valence electrons. The summed E-state index contributed by atoms with van der Waals surface area (Å²) in [5.41, 5.74) is 6.79. The molecule has 7 nitrogen and oxygen atoms in total. The molecule has 28 heavy (non-hydrogen) atoms. The molecule has 1 aliphatic carbocycles. The number of nitrogen functional groups attached to an aromatic ring is 1. The summed E-state index contributed by atoms with van der Waals surface area (Å²) in [6.07, 6.45) is 2.20. The summed E-state index contributed by atoms with van der Waals surface area (Å²) in [5.74, 6) is -0.402. The lowest BCUT2D eigenvalue weighted by molar-refractivity contribution is -0.136. The Balaban J connectivity index is 0.00000280. The van der Waals surface area contributed by atoms with E-state index in [0.29, 0.717) is 30.1 Å². The van der Waals surface area contributed by atoms with Gasteiger partial charge in [-0.1, -0.05) is 26.8 Å². The van der Waals surface area contributed by atoms with Crippen molar-refractivity contribution < 1.29 is 14.4 Å². The number of rotatable bonds is 3. The van der Waals surface area contributed by atoms with Crippen LogP contribution in [-0.4, -0.2) is 34.8 Å². The van der Waals surface area contributed by atoms with Crippen molar-refractivity contribution in [1.29, 1.82) is 0 Å². The summed E-state index contributed by atoms with van der Waals surface area (Å²) >= 11 is 0. The molecule has 1 aromatic rings. The highest BCUT2D eigenvalue weighted by atomic mass is 35.5. The normalized spacial score (nSPS) is 26.0.